The molecule has 0 spiro atoms. The molecule has 0 atom stereocenters. The van der Waals surface area contributed by atoms with E-state index in [1.165, 1.54) is 11.3 Å². The van der Waals surface area contributed by atoms with Crippen molar-refractivity contribution in [3.63, 3.8) is 0 Å². The highest BCUT2D eigenvalue weighted by Crippen LogP contribution is 2.28. The van der Waals surface area contributed by atoms with Gasteiger partial charge in [-0.2, -0.15) is 0 Å². The van der Waals surface area contributed by atoms with Crippen LogP contribution in [0.4, 0.5) is 0 Å². The minimum Gasteiger partial charge on any atom is -0.389 e. The summed E-state index contributed by atoms with van der Waals surface area (Å²) < 4.78 is 2.01. The summed E-state index contributed by atoms with van der Waals surface area (Å²) in [7, 11) is 0. The van der Waals surface area contributed by atoms with Crippen LogP contribution in [-0.4, -0.2) is 24.5 Å². The van der Waals surface area contributed by atoms with Gasteiger partial charge < -0.3 is 9.51 Å². The fourth-order valence-corrected chi connectivity index (χ4v) is 3.78. The molecule has 0 amide bonds. The zero-order chi connectivity index (χ0) is 17.5. The van der Waals surface area contributed by atoms with Gasteiger partial charge in [-0.25, -0.2) is 9.97 Å². The van der Waals surface area contributed by atoms with Crippen LogP contribution < -0.4 is 0 Å². The van der Waals surface area contributed by atoms with Crippen molar-refractivity contribution >= 4 is 27.9 Å². The normalized spacial score (nSPS) is 11.4. The van der Waals surface area contributed by atoms with Crippen molar-refractivity contribution in [1.29, 1.82) is 0 Å². The minimum atomic E-state index is -0.0305. The fraction of sp³-hybridized carbons (Fsp3) is 0.0500. The van der Waals surface area contributed by atoms with Gasteiger partial charge in [-0.05, 0) is 24.3 Å². The Morgan fingerprint density at radius 3 is 2.81 bits per heavy atom. The van der Waals surface area contributed by atoms with E-state index in [1.54, 1.807) is 6.20 Å². The Hall–Kier alpha value is -3.09. The first kappa shape index (κ1) is 15.2. The molecule has 0 aliphatic heterocycles. The van der Waals surface area contributed by atoms with E-state index in [2.05, 4.69) is 22.1 Å². The topological polar surface area (TPSA) is 63.3 Å². The number of aromatic nitrogens is 4. The van der Waals surface area contributed by atoms with Crippen LogP contribution in [0.5, 0.6) is 0 Å². The van der Waals surface area contributed by atoms with Crippen molar-refractivity contribution < 1.29 is 5.11 Å². The van der Waals surface area contributed by atoms with Crippen LogP contribution in [0.15, 0.2) is 66.4 Å². The van der Waals surface area contributed by atoms with E-state index in [1.807, 2.05) is 52.5 Å². The highest BCUT2D eigenvalue weighted by atomic mass is 32.1. The number of aliphatic hydroxyl groups excluding tert-OH is 1. The molecule has 0 unspecified atom stereocenters. The molecular formula is C20H14N4OS. The molecule has 5 aromatic rings. The van der Waals surface area contributed by atoms with E-state index in [0.717, 1.165) is 44.1 Å². The Morgan fingerprint density at radius 1 is 0.962 bits per heavy atom. The van der Waals surface area contributed by atoms with Crippen molar-refractivity contribution in [2.24, 2.45) is 0 Å². The molecule has 0 aliphatic rings. The molecule has 0 fully saturated rings. The van der Waals surface area contributed by atoms with Crippen LogP contribution in [0, 0.1) is 0 Å². The third-order valence-corrected chi connectivity index (χ3v) is 5.19. The Bertz CT molecular complexity index is 1240. The summed E-state index contributed by atoms with van der Waals surface area (Å²) >= 11 is 1.46. The van der Waals surface area contributed by atoms with E-state index in [-0.39, 0.29) is 6.61 Å². The second-order valence-corrected chi connectivity index (χ2v) is 6.91. The molecular weight excluding hydrogens is 344 g/mol. The maximum atomic E-state index is 9.21. The lowest BCUT2D eigenvalue weighted by Crippen LogP contribution is -1.86. The van der Waals surface area contributed by atoms with E-state index >= 15 is 0 Å². The summed E-state index contributed by atoms with van der Waals surface area (Å²) in [6, 6.07) is 14.1. The molecule has 4 aromatic heterocycles. The molecule has 0 aliphatic carbocycles. The second-order valence-electron chi connectivity index (χ2n) is 5.97. The number of imidazole rings is 1. The lowest BCUT2D eigenvalue weighted by molar-refractivity contribution is 0.281. The quantitative estimate of drug-likeness (QED) is 0.526. The van der Waals surface area contributed by atoms with Crippen molar-refractivity contribution in [2.75, 3.05) is 0 Å². The Balaban J connectivity index is 1.64. The summed E-state index contributed by atoms with van der Waals surface area (Å²) in [6.45, 7) is -0.0305. The molecule has 126 valence electrons. The van der Waals surface area contributed by atoms with Crippen LogP contribution in [0.3, 0.4) is 0 Å². The summed E-state index contributed by atoms with van der Waals surface area (Å²) in [5, 5.41) is 13.0. The zero-order valence-corrected chi connectivity index (χ0v) is 14.5. The molecule has 5 rings (SSSR count). The molecule has 0 radical (unpaired) electrons. The van der Waals surface area contributed by atoms with Crippen LogP contribution in [0.1, 0.15) is 5.01 Å². The standard InChI is InChI=1S/C20H14N4OS/c25-11-20-23-18(12-26-20)13-6-7-19-22-17(10-24(19)9-13)15-3-1-5-16-14(15)4-2-8-21-16/h1-10,12,25H,11H2. The highest BCUT2D eigenvalue weighted by Gasteiger charge is 2.10. The van der Waals surface area contributed by atoms with E-state index in [0.29, 0.717) is 0 Å². The van der Waals surface area contributed by atoms with Gasteiger partial charge in [0.25, 0.3) is 0 Å². The summed E-state index contributed by atoms with van der Waals surface area (Å²) in [6.07, 6.45) is 5.85. The minimum absolute atomic E-state index is 0.0305. The van der Waals surface area contributed by atoms with Gasteiger partial charge >= 0.3 is 0 Å². The lowest BCUT2D eigenvalue weighted by atomic mass is 10.1. The second kappa shape index (κ2) is 6.01. The average Bonchev–Trinajstić information content (AvgIpc) is 3.33. The van der Waals surface area contributed by atoms with Crippen molar-refractivity contribution in [3.05, 3.63) is 71.4 Å². The van der Waals surface area contributed by atoms with E-state index in [4.69, 9.17) is 4.98 Å². The first-order chi connectivity index (χ1) is 12.8. The van der Waals surface area contributed by atoms with Gasteiger partial charge in [0.2, 0.25) is 0 Å². The molecule has 26 heavy (non-hydrogen) atoms. The summed E-state index contributed by atoms with van der Waals surface area (Å²) in [4.78, 5) is 13.6. The van der Waals surface area contributed by atoms with Crippen LogP contribution in [0.25, 0.3) is 39.1 Å². The van der Waals surface area contributed by atoms with Crippen molar-refractivity contribution in [3.8, 4) is 22.5 Å². The van der Waals surface area contributed by atoms with Gasteiger partial charge in [0, 0.05) is 40.5 Å². The third-order valence-electron chi connectivity index (χ3n) is 4.36. The van der Waals surface area contributed by atoms with Gasteiger partial charge in [-0.3, -0.25) is 4.98 Å². The van der Waals surface area contributed by atoms with Gasteiger partial charge in [0.15, 0.2) is 0 Å². The number of hydrogen-bond acceptors (Lipinski definition) is 5. The number of hydrogen-bond donors (Lipinski definition) is 1. The van der Waals surface area contributed by atoms with Gasteiger partial charge in [-0.15, -0.1) is 11.3 Å². The number of nitrogens with zero attached hydrogens (tertiary/aromatic N) is 4. The number of pyridine rings is 2. The molecule has 5 nitrogen and oxygen atoms in total. The first-order valence-electron chi connectivity index (χ1n) is 8.20. The van der Waals surface area contributed by atoms with Crippen LogP contribution >= 0.6 is 11.3 Å². The number of rotatable bonds is 3. The summed E-state index contributed by atoms with van der Waals surface area (Å²) in [5.74, 6) is 0. The Labute approximate surface area is 153 Å². The van der Waals surface area contributed by atoms with Gasteiger partial charge in [-0.1, -0.05) is 18.2 Å². The largest absolute Gasteiger partial charge is 0.389 e. The highest BCUT2D eigenvalue weighted by molar-refractivity contribution is 7.09. The Kier molecular flexibility index (Phi) is 3.51. The van der Waals surface area contributed by atoms with Gasteiger partial charge in [0.05, 0.1) is 23.5 Å². The lowest BCUT2D eigenvalue weighted by Gasteiger charge is -2.02. The van der Waals surface area contributed by atoms with Crippen LogP contribution in [0.2, 0.25) is 0 Å². The summed E-state index contributed by atoms with van der Waals surface area (Å²) in [5.41, 5.74) is 5.68. The smallest absolute Gasteiger partial charge is 0.137 e. The molecule has 4 heterocycles. The molecule has 0 saturated carbocycles. The predicted molar refractivity (Wildman–Crippen MR) is 103 cm³/mol. The maximum absolute atomic E-state index is 9.21. The first-order valence-corrected chi connectivity index (χ1v) is 9.08. The number of fused-ring (bicyclic) bond motifs is 2. The Morgan fingerprint density at radius 2 is 1.92 bits per heavy atom. The van der Waals surface area contributed by atoms with Crippen molar-refractivity contribution in [1.82, 2.24) is 19.4 Å². The van der Waals surface area contributed by atoms with Crippen LogP contribution in [-0.2, 0) is 6.61 Å². The van der Waals surface area contributed by atoms with E-state index < -0.39 is 0 Å². The molecule has 0 saturated heterocycles. The van der Waals surface area contributed by atoms with Crippen molar-refractivity contribution in [2.45, 2.75) is 6.61 Å². The molecule has 0 bridgehead atoms. The van der Waals surface area contributed by atoms with E-state index in [9.17, 15) is 5.11 Å². The maximum Gasteiger partial charge on any atom is 0.137 e. The average molecular weight is 358 g/mol. The zero-order valence-electron chi connectivity index (χ0n) is 13.7. The van der Waals surface area contributed by atoms with Gasteiger partial charge in [0.1, 0.15) is 10.7 Å². The monoisotopic (exact) mass is 358 g/mol. The number of aliphatic hydroxyl groups is 1. The number of benzene rings is 1. The number of thiazole rings is 1. The SMILES string of the molecule is OCc1nc(-c2ccc3nc(-c4cccc5ncccc45)cn3c2)cs1. The molecule has 1 N–H and O–H groups in total. The fourth-order valence-electron chi connectivity index (χ4n) is 3.12. The third kappa shape index (κ3) is 2.47. The molecule has 6 heteroatoms. The predicted octanol–water partition coefficient (Wildman–Crippen LogP) is 4.17. The molecule has 1 aromatic carbocycles.